The Bertz CT molecular complexity index is 1050. The van der Waals surface area contributed by atoms with Crippen molar-refractivity contribution in [2.45, 2.75) is 31.8 Å². The largest absolute Gasteiger partial charge is 0.493 e. The van der Waals surface area contributed by atoms with Crippen molar-refractivity contribution in [3.63, 3.8) is 0 Å². The number of amides is 2. The van der Waals surface area contributed by atoms with E-state index in [-0.39, 0.29) is 18.1 Å². The molecule has 4 rings (SSSR count). The van der Waals surface area contributed by atoms with E-state index in [1.807, 2.05) is 72.5 Å². The van der Waals surface area contributed by atoms with Crippen LogP contribution in [0.3, 0.4) is 0 Å². The highest BCUT2D eigenvalue weighted by atomic mass is 16.5. The molecule has 1 heterocycles. The monoisotopic (exact) mass is 430 g/mol. The molecule has 5 heteroatoms. The van der Waals surface area contributed by atoms with Crippen LogP contribution in [0.25, 0.3) is 0 Å². The quantitative estimate of drug-likeness (QED) is 0.576. The van der Waals surface area contributed by atoms with Crippen LogP contribution in [0.5, 0.6) is 11.5 Å². The number of benzene rings is 3. The smallest absolute Gasteiger partial charge is 0.318 e. The molecule has 0 saturated carbocycles. The highest BCUT2D eigenvalue weighted by molar-refractivity contribution is 5.76. The van der Waals surface area contributed by atoms with Crippen molar-refractivity contribution in [3.8, 4) is 11.5 Å². The second-order valence-corrected chi connectivity index (χ2v) is 8.14. The van der Waals surface area contributed by atoms with E-state index in [0.29, 0.717) is 12.3 Å². The van der Waals surface area contributed by atoms with Crippen LogP contribution in [0.15, 0.2) is 72.8 Å². The molecule has 0 saturated heterocycles. The molecule has 1 aliphatic heterocycles. The van der Waals surface area contributed by atoms with Gasteiger partial charge in [-0.05, 0) is 54.2 Å². The van der Waals surface area contributed by atoms with Gasteiger partial charge in [0.15, 0.2) is 11.5 Å². The summed E-state index contributed by atoms with van der Waals surface area (Å²) in [6.45, 7) is 2.67. The number of hydrogen-bond acceptors (Lipinski definition) is 3. The zero-order valence-corrected chi connectivity index (χ0v) is 18.9. The molecule has 2 amide bonds. The highest BCUT2D eigenvalue weighted by Gasteiger charge is 2.33. The maximum Gasteiger partial charge on any atom is 0.318 e. The maximum absolute atomic E-state index is 13.4. The van der Waals surface area contributed by atoms with Gasteiger partial charge in [-0.1, -0.05) is 60.7 Å². The van der Waals surface area contributed by atoms with Crippen molar-refractivity contribution in [3.05, 3.63) is 95.1 Å². The van der Waals surface area contributed by atoms with E-state index in [1.165, 1.54) is 11.1 Å². The van der Waals surface area contributed by atoms with Crippen LogP contribution >= 0.6 is 0 Å². The molecule has 3 aromatic carbocycles. The number of carbonyl (C=O) groups is 1. The minimum absolute atomic E-state index is 0.0530. The van der Waals surface area contributed by atoms with Gasteiger partial charge in [-0.15, -0.1) is 0 Å². The summed E-state index contributed by atoms with van der Waals surface area (Å²) in [5.41, 5.74) is 4.59. The molecule has 1 N–H and O–H groups in total. The van der Waals surface area contributed by atoms with Crippen LogP contribution in [0.4, 0.5) is 4.79 Å². The van der Waals surface area contributed by atoms with Gasteiger partial charge in [0.25, 0.3) is 0 Å². The third kappa shape index (κ3) is 4.57. The van der Waals surface area contributed by atoms with Crippen LogP contribution in [0, 0.1) is 0 Å². The second kappa shape index (κ2) is 9.77. The minimum Gasteiger partial charge on any atom is -0.493 e. The second-order valence-electron chi connectivity index (χ2n) is 8.14. The number of rotatable bonds is 6. The Morgan fingerprint density at radius 1 is 1.00 bits per heavy atom. The van der Waals surface area contributed by atoms with Crippen LogP contribution in [0.2, 0.25) is 0 Å². The zero-order valence-electron chi connectivity index (χ0n) is 18.9. The third-order valence-corrected chi connectivity index (χ3v) is 6.17. The number of nitrogens with one attached hydrogen (secondary N) is 1. The van der Waals surface area contributed by atoms with E-state index >= 15 is 0 Å². The van der Waals surface area contributed by atoms with Crippen LogP contribution < -0.4 is 14.8 Å². The molecule has 0 radical (unpaired) electrons. The van der Waals surface area contributed by atoms with E-state index in [4.69, 9.17) is 9.47 Å². The summed E-state index contributed by atoms with van der Waals surface area (Å²) in [4.78, 5) is 15.4. The van der Waals surface area contributed by atoms with E-state index in [0.717, 1.165) is 29.7 Å². The molecule has 1 aliphatic rings. The summed E-state index contributed by atoms with van der Waals surface area (Å²) in [6, 6.07) is 24.2. The number of carbonyl (C=O) groups excluding carboxylic acids is 1. The first-order chi connectivity index (χ1) is 15.6. The van der Waals surface area contributed by atoms with Gasteiger partial charge in [0.05, 0.1) is 26.3 Å². The van der Waals surface area contributed by atoms with Gasteiger partial charge in [0.1, 0.15) is 0 Å². The van der Waals surface area contributed by atoms with Gasteiger partial charge in [-0.3, -0.25) is 0 Å². The average Bonchev–Trinajstić information content (AvgIpc) is 2.84. The Morgan fingerprint density at radius 2 is 1.62 bits per heavy atom. The molecule has 166 valence electrons. The zero-order chi connectivity index (χ0) is 22.5. The predicted octanol–water partition coefficient (Wildman–Crippen LogP) is 5.32. The third-order valence-electron chi connectivity index (χ3n) is 6.17. The van der Waals surface area contributed by atoms with E-state index < -0.39 is 0 Å². The van der Waals surface area contributed by atoms with Crippen LogP contribution in [0.1, 0.15) is 41.3 Å². The van der Waals surface area contributed by atoms with Crippen LogP contribution in [-0.4, -0.2) is 31.7 Å². The highest BCUT2D eigenvalue weighted by Crippen LogP contribution is 2.39. The fraction of sp³-hybridized carbons (Fsp3) is 0.296. The van der Waals surface area contributed by atoms with Gasteiger partial charge < -0.3 is 19.7 Å². The summed E-state index contributed by atoms with van der Waals surface area (Å²) in [7, 11) is 3.30. The lowest BCUT2D eigenvalue weighted by Gasteiger charge is -2.38. The molecule has 32 heavy (non-hydrogen) atoms. The first kappa shape index (κ1) is 21.8. The molecule has 0 fully saturated rings. The summed E-state index contributed by atoms with van der Waals surface area (Å²) in [6.07, 6.45) is 1.50. The van der Waals surface area contributed by atoms with Crippen molar-refractivity contribution >= 4 is 6.03 Å². The van der Waals surface area contributed by atoms with Gasteiger partial charge in [-0.2, -0.15) is 0 Å². The minimum atomic E-state index is -0.0936. The van der Waals surface area contributed by atoms with Crippen molar-refractivity contribution < 1.29 is 14.3 Å². The fourth-order valence-corrected chi connectivity index (χ4v) is 4.42. The molecule has 0 aliphatic carbocycles. The van der Waals surface area contributed by atoms with Crippen molar-refractivity contribution in [2.75, 3.05) is 20.8 Å². The van der Waals surface area contributed by atoms with Gasteiger partial charge in [0.2, 0.25) is 0 Å². The molecule has 0 bridgehead atoms. The van der Waals surface area contributed by atoms with Gasteiger partial charge in [0, 0.05) is 6.54 Å². The van der Waals surface area contributed by atoms with Crippen molar-refractivity contribution in [1.82, 2.24) is 10.2 Å². The number of methoxy groups -OCH3 is 2. The first-order valence-corrected chi connectivity index (χ1v) is 11.0. The number of urea groups is 1. The van der Waals surface area contributed by atoms with Gasteiger partial charge >= 0.3 is 6.03 Å². The normalized spacial score (nSPS) is 16.1. The van der Waals surface area contributed by atoms with E-state index in [1.54, 1.807) is 14.2 Å². The lowest BCUT2D eigenvalue weighted by atomic mass is 9.88. The summed E-state index contributed by atoms with van der Waals surface area (Å²) >= 11 is 0. The van der Waals surface area contributed by atoms with Gasteiger partial charge in [-0.25, -0.2) is 4.79 Å². The van der Waals surface area contributed by atoms with Crippen molar-refractivity contribution in [1.29, 1.82) is 0 Å². The number of ether oxygens (including phenoxy) is 2. The lowest BCUT2D eigenvalue weighted by Crippen LogP contribution is -2.47. The Morgan fingerprint density at radius 3 is 2.28 bits per heavy atom. The Hall–Kier alpha value is -3.47. The number of nitrogens with zero attached hydrogens (tertiary/aromatic N) is 1. The Kier molecular flexibility index (Phi) is 6.64. The average molecular weight is 431 g/mol. The summed E-state index contributed by atoms with van der Waals surface area (Å²) < 4.78 is 11.1. The molecule has 0 spiro atoms. The molecule has 0 aromatic heterocycles. The fourth-order valence-electron chi connectivity index (χ4n) is 4.42. The SMILES string of the molecule is COc1cc2c(cc1OC)C(Cc1ccccc1)N(C(=O)NC(C)c1ccccc1)CC2. The topological polar surface area (TPSA) is 50.8 Å². The van der Waals surface area contributed by atoms with E-state index in [2.05, 4.69) is 17.4 Å². The molecule has 3 aromatic rings. The van der Waals surface area contributed by atoms with Crippen LogP contribution in [-0.2, 0) is 12.8 Å². The first-order valence-electron chi connectivity index (χ1n) is 11.0. The Labute approximate surface area is 190 Å². The summed E-state index contributed by atoms with van der Waals surface area (Å²) in [5.74, 6) is 1.41. The Balaban J connectivity index is 1.66. The molecular formula is C27H30N2O3. The lowest BCUT2D eigenvalue weighted by molar-refractivity contribution is 0.165. The molecule has 5 nitrogen and oxygen atoms in total. The van der Waals surface area contributed by atoms with E-state index in [9.17, 15) is 4.79 Å². The molecule has 2 unspecified atom stereocenters. The maximum atomic E-state index is 13.4. The number of fused-ring (bicyclic) bond motifs is 1. The number of hydrogen-bond donors (Lipinski definition) is 1. The summed E-state index contributed by atoms with van der Waals surface area (Å²) in [5, 5.41) is 3.19. The standard InChI is InChI=1S/C27H30N2O3/c1-19(21-12-8-5-9-13-21)28-27(30)29-15-14-22-17-25(31-2)26(32-3)18-23(22)24(29)16-20-10-6-4-7-11-20/h4-13,17-19,24H,14-16H2,1-3H3,(H,28,30). The molecular weight excluding hydrogens is 400 g/mol. The predicted molar refractivity (Wildman–Crippen MR) is 126 cm³/mol. The molecule has 2 atom stereocenters. The van der Waals surface area contributed by atoms with Crippen molar-refractivity contribution in [2.24, 2.45) is 0 Å².